The summed E-state index contributed by atoms with van der Waals surface area (Å²) in [6, 6.07) is 6.01. The first-order valence-electron chi connectivity index (χ1n) is 6.45. The van der Waals surface area contributed by atoms with E-state index in [0.29, 0.717) is 6.61 Å². The van der Waals surface area contributed by atoms with Gasteiger partial charge in [-0.1, -0.05) is 24.6 Å². The van der Waals surface area contributed by atoms with E-state index in [1.807, 2.05) is 24.3 Å². The van der Waals surface area contributed by atoms with Gasteiger partial charge in [0.25, 0.3) is 0 Å². The lowest BCUT2D eigenvalue weighted by Crippen LogP contribution is -2.20. The van der Waals surface area contributed by atoms with Crippen LogP contribution in [0, 0.1) is 0 Å². The fourth-order valence-corrected chi connectivity index (χ4v) is 1.89. The lowest BCUT2D eigenvalue weighted by Gasteiger charge is -2.18. The second-order valence-corrected chi connectivity index (χ2v) is 4.72. The molecule has 0 radical (unpaired) electrons. The van der Waals surface area contributed by atoms with E-state index in [4.69, 9.17) is 16.3 Å². The Kier molecular flexibility index (Phi) is 6.84. The van der Waals surface area contributed by atoms with Gasteiger partial charge >= 0.3 is 0 Å². The molecule has 1 atom stereocenters. The molecular weight excluding hydrogens is 246 g/mol. The number of rotatable bonds is 8. The Morgan fingerprint density at radius 2 is 2.28 bits per heavy atom. The quantitative estimate of drug-likeness (QED) is 0.558. The molecule has 0 aliphatic rings. The van der Waals surface area contributed by atoms with E-state index in [1.54, 1.807) is 0 Å². The van der Waals surface area contributed by atoms with Gasteiger partial charge in [-0.3, -0.25) is 0 Å². The van der Waals surface area contributed by atoms with E-state index >= 15 is 0 Å². The summed E-state index contributed by atoms with van der Waals surface area (Å²) in [6.45, 7) is 9.61. The van der Waals surface area contributed by atoms with Crippen LogP contribution in [-0.2, 0) is 0 Å². The summed E-state index contributed by atoms with van der Waals surface area (Å²) >= 11 is 6.06. The summed E-state index contributed by atoms with van der Waals surface area (Å²) in [4.78, 5) is 0. The van der Waals surface area contributed by atoms with Gasteiger partial charge in [0.1, 0.15) is 5.75 Å². The minimum absolute atomic E-state index is 0.238. The van der Waals surface area contributed by atoms with Crippen LogP contribution in [0.4, 0.5) is 0 Å². The summed E-state index contributed by atoms with van der Waals surface area (Å²) in [5, 5.41) is 4.19. The van der Waals surface area contributed by atoms with Gasteiger partial charge in [-0.25, -0.2) is 0 Å². The highest BCUT2D eigenvalue weighted by atomic mass is 35.5. The van der Waals surface area contributed by atoms with Gasteiger partial charge in [0.2, 0.25) is 0 Å². The highest BCUT2D eigenvalue weighted by Crippen LogP contribution is 2.28. The van der Waals surface area contributed by atoms with Gasteiger partial charge in [0, 0.05) is 16.6 Å². The molecule has 0 saturated heterocycles. The van der Waals surface area contributed by atoms with Gasteiger partial charge in [0.15, 0.2) is 0 Å². The molecule has 0 saturated carbocycles. The topological polar surface area (TPSA) is 21.3 Å². The average molecular weight is 268 g/mol. The van der Waals surface area contributed by atoms with Gasteiger partial charge in [-0.15, -0.1) is 6.58 Å². The van der Waals surface area contributed by atoms with Crippen LogP contribution in [0.2, 0.25) is 5.02 Å². The van der Waals surface area contributed by atoms with Crippen molar-refractivity contribution in [2.45, 2.75) is 32.7 Å². The molecule has 0 aliphatic heterocycles. The Morgan fingerprint density at radius 1 is 1.50 bits per heavy atom. The molecule has 0 spiro atoms. The molecular formula is C15H22ClNO. The van der Waals surface area contributed by atoms with Crippen molar-refractivity contribution < 1.29 is 4.74 Å². The van der Waals surface area contributed by atoms with Crippen molar-refractivity contribution in [2.75, 3.05) is 13.2 Å². The predicted molar refractivity (Wildman–Crippen MR) is 78.5 cm³/mol. The molecule has 0 amide bonds. The molecule has 100 valence electrons. The van der Waals surface area contributed by atoms with Gasteiger partial charge < -0.3 is 10.1 Å². The van der Waals surface area contributed by atoms with Crippen LogP contribution in [0.25, 0.3) is 0 Å². The molecule has 0 bridgehead atoms. The molecule has 18 heavy (non-hydrogen) atoms. The van der Waals surface area contributed by atoms with Gasteiger partial charge in [0.05, 0.1) is 6.61 Å². The van der Waals surface area contributed by atoms with Crippen LogP contribution in [0.1, 0.15) is 38.3 Å². The lowest BCUT2D eigenvalue weighted by molar-refractivity contribution is 0.318. The lowest BCUT2D eigenvalue weighted by atomic mass is 10.1. The number of nitrogens with one attached hydrogen (secondary N) is 1. The van der Waals surface area contributed by atoms with E-state index in [-0.39, 0.29) is 6.04 Å². The zero-order valence-electron chi connectivity index (χ0n) is 11.2. The van der Waals surface area contributed by atoms with Crippen molar-refractivity contribution in [1.29, 1.82) is 0 Å². The summed E-state index contributed by atoms with van der Waals surface area (Å²) < 4.78 is 5.76. The number of halogens is 1. The maximum Gasteiger partial charge on any atom is 0.124 e. The molecule has 2 nitrogen and oxygen atoms in total. The minimum Gasteiger partial charge on any atom is -0.493 e. The van der Waals surface area contributed by atoms with Crippen molar-refractivity contribution >= 4 is 11.6 Å². The van der Waals surface area contributed by atoms with E-state index in [0.717, 1.165) is 35.7 Å². The molecule has 0 fully saturated rings. The Labute approximate surface area is 115 Å². The monoisotopic (exact) mass is 267 g/mol. The first-order chi connectivity index (χ1) is 8.69. The molecule has 0 aromatic heterocycles. The van der Waals surface area contributed by atoms with Crippen LogP contribution < -0.4 is 10.1 Å². The minimum atomic E-state index is 0.238. The second-order valence-electron chi connectivity index (χ2n) is 4.28. The third kappa shape index (κ3) is 4.71. The largest absolute Gasteiger partial charge is 0.493 e. The third-order valence-corrected chi connectivity index (χ3v) is 2.95. The van der Waals surface area contributed by atoms with Crippen molar-refractivity contribution in [2.24, 2.45) is 0 Å². The SMILES string of the molecule is C=CCCOc1ccc(Cl)cc1C(C)NCCC. The van der Waals surface area contributed by atoms with Crippen LogP contribution in [0.5, 0.6) is 5.75 Å². The number of benzene rings is 1. The molecule has 1 aromatic carbocycles. The van der Waals surface area contributed by atoms with Crippen molar-refractivity contribution in [3.63, 3.8) is 0 Å². The molecule has 0 aliphatic carbocycles. The van der Waals surface area contributed by atoms with Gasteiger partial charge in [-0.05, 0) is 44.5 Å². The molecule has 1 aromatic rings. The summed E-state index contributed by atoms with van der Waals surface area (Å²) in [5.74, 6) is 0.900. The van der Waals surface area contributed by atoms with Crippen molar-refractivity contribution in [3.05, 3.63) is 41.4 Å². The van der Waals surface area contributed by atoms with E-state index < -0.39 is 0 Å². The molecule has 0 heterocycles. The highest BCUT2D eigenvalue weighted by Gasteiger charge is 2.11. The zero-order chi connectivity index (χ0) is 13.4. The number of hydrogen-bond acceptors (Lipinski definition) is 2. The normalized spacial score (nSPS) is 12.2. The van der Waals surface area contributed by atoms with Crippen LogP contribution in [0.3, 0.4) is 0 Å². The Hall–Kier alpha value is -0.990. The second kappa shape index (κ2) is 8.17. The highest BCUT2D eigenvalue weighted by molar-refractivity contribution is 6.30. The Morgan fingerprint density at radius 3 is 2.94 bits per heavy atom. The van der Waals surface area contributed by atoms with Gasteiger partial charge in [-0.2, -0.15) is 0 Å². The van der Waals surface area contributed by atoms with Crippen LogP contribution >= 0.6 is 11.6 Å². The Balaban J connectivity index is 2.78. The first-order valence-corrected chi connectivity index (χ1v) is 6.83. The maximum absolute atomic E-state index is 6.06. The predicted octanol–water partition coefficient (Wildman–Crippen LogP) is 4.36. The molecule has 1 unspecified atom stereocenters. The fourth-order valence-electron chi connectivity index (χ4n) is 1.71. The molecule has 1 N–H and O–H groups in total. The molecule has 3 heteroatoms. The Bertz CT molecular complexity index is 379. The number of hydrogen-bond donors (Lipinski definition) is 1. The third-order valence-electron chi connectivity index (χ3n) is 2.72. The fraction of sp³-hybridized carbons (Fsp3) is 0.467. The van der Waals surface area contributed by atoms with E-state index in [9.17, 15) is 0 Å². The van der Waals surface area contributed by atoms with E-state index in [1.165, 1.54) is 0 Å². The van der Waals surface area contributed by atoms with Crippen LogP contribution in [-0.4, -0.2) is 13.2 Å². The average Bonchev–Trinajstić information content (AvgIpc) is 2.38. The smallest absolute Gasteiger partial charge is 0.124 e. The summed E-state index contributed by atoms with van der Waals surface area (Å²) in [6.07, 6.45) is 3.81. The standard InChI is InChI=1S/C15H22ClNO/c1-4-6-10-18-15-8-7-13(16)11-14(15)12(3)17-9-5-2/h4,7-8,11-12,17H,1,5-6,9-10H2,2-3H3. The van der Waals surface area contributed by atoms with E-state index in [2.05, 4.69) is 25.7 Å². The first kappa shape index (κ1) is 15.1. The van der Waals surface area contributed by atoms with Crippen molar-refractivity contribution in [3.8, 4) is 5.75 Å². The van der Waals surface area contributed by atoms with Crippen LogP contribution in [0.15, 0.2) is 30.9 Å². The zero-order valence-corrected chi connectivity index (χ0v) is 12.0. The van der Waals surface area contributed by atoms with Crippen molar-refractivity contribution in [1.82, 2.24) is 5.32 Å². The summed E-state index contributed by atoms with van der Waals surface area (Å²) in [5.41, 5.74) is 1.11. The summed E-state index contributed by atoms with van der Waals surface area (Å²) in [7, 11) is 0. The maximum atomic E-state index is 6.06. The molecule has 1 rings (SSSR count). The number of ether oxygens (including phenoxy) is 1.